The van der Waals surface area contributed by atoms with Gasteiger partial charge in [-0.25, -0.2) is 0 Å². The number of aliphatic hydroxyl groups excluding tert-OH is 1. The number of carbonyl (C=O) groups excluding carboxylic acids is 1. The Labute approximate surface area is 114 Å². The molecule has 0 saturated carbocycles. The molecular formula is C12H16BrNO4. The average Bonchev–Trinajstić information content (AvgIpc) is 2.38. The third-order valence-corrected chi connectivity index (χ3v) is 3.14. The van der Waals surface area contributed by atoms with Gasteiger partial charge >= 0.3 is 5.97 Å². The van der Waals surface area contributed by atoms with Gasteiger partial charge in [0.15, 0.2) is 0 Å². The molecule has 0 fully saturated rings. The van der Waals surface area contributed by atoms with Crippen LogP contribution in [0.4, 0.5) is 0 Å². The minimum atomic E-state index is -1.16. The van der Waals surface area contributed by atoms with Crippen molar-refractivity contribution in [3.63, 3.8) is 0 Å². The normalized spacial score (nSPS) is 13.8. The topological polar surface area (TPSA) is 81.8 Å². The zero-order valence-corrected chi connectivity index (χ0v) is 11.8. The number of methoxy groups -OCH3 is 1. The maximum Gasteiger partial charge on any atom is 0.325 e. The van der Waals surface area contributed by atoms with Gasteiger partial charge in [0.1, 0.15) is 17.9 Å². The van der Waals surface area contributed by atoms with E-state index < -0.39 is 18.1 Å². The summed E-state index contributed by atoms with van der Waals surface area (Å²) in [6.07, 6.45) is -1.16. The standard InChI is InChI=1S/C12H16BrNO4/c1-3-18-12(16)10(14)11(15)8-6-7(17-2)4-5-9(8)13/h4-6,10-11,15H,3,14H2,1-2H3. The molecule has 0 bridgehead atoms. The van der Waals surface area contributed by atoms with E-state index in [0.29, 0.717) is 15.8 Å². The highest BCUT2D eigenvalue weighted by Crippen LogP contribution is 2.29. The second-order valence-electron chi connectivity index (χ2n) is 3.61. The summed E-state index contributed by atoms with van der Waals surface area (Å²) in [5.41, 5.74) is 6.13. The Morgan fingerprint density at radius 3 is 2.78 bits per heavy atom. The lowest BCUT2D eigenvalue weighted by Gasteiger charge is -2.19. The number of nitrogens with two attached hydrogens (primary N) is 1. The largest absolute Gasteiger partial charge is 0.497 e. The molecule has 0 spiro atoms. The van der Waals surface area contributed by atoms with E-state index in [4.69, 9.17) is 15.2 Å². The highest BCUT2D eigenvalue weighted by atomic mass is 79.9. The number of rotatable bonds is 5. The molecule has 0 radical (unpaired) electrons. The molecule has 0 aliphatic carbocycles. The third kappa shape index (κ3) is 3.44. The molecule has 1 rings (SSSR count). The summed E-state index contributed by atoms with van der Waals surface area (Å²) in [4.78, 5) is 11.5. The van der Waals surface area contributed by atoms with Crippen molar-refractivity contribution in [3.8, 4) is 5.75 Å². The van der Waals surface area contributed by atoms with Crippen LogP contribution in [-0.2, 0) is 9.53 Å². The van der Waals surface area contributed by atoms with Gasteiger partial charge in [0, 0.05) is 10.0 Å². The van der Waals surface area contributed by atoms with Crippen molar-refractivity contribution in [1.29, 1.82) is 0 Å². The fraction of sp³-hybridized carbons (Fsp3) is 0.417. The number of ether oxygens (including phenoxy) is 2. The third-order valence-electron chi connectivity index (χ3n) is 2.42. The second kappa shape index (κ2) is 6.72. The molecule has 1 aromatic rings. The van der Waals surface area contributed by atoms with Crippen molar-refractivity contribution in [2.45, 2.75) is 19.1 Å². The Balaban J connectivity index is 2.95. The number of benzene rings is 1. The Bertz CT molecular complexity index is 425. The number of carbonyl (C=O) groups is 1. The van der Waals surface area contributed by atoms with Crippen LogP contribution >= 0.6 is 15.9 Å². The molecule has 100 valence electrons. The fourth-order valence-electron chi connectivity index (χ4n) is 1.44. The van der Waals surface area contributed by atoms with E-state index in [1.54, 1.807) is 25.1 Å². The quantitative estimate of drug-likeness (QED) is 0.802. The first-order valence-corrected chi connectivity index (χ1v) is 6.24. The van der Waals surface area contributed by atoms with Crippen LogP contribution in [0.3, 0.4) is 0 Å². The first-order chi connectivity index (χ1) is 8.51. The maximum atomic E-state index is 11.5. The number of hydrogen-bond donors (Lipinski definition) is 2. The van der Waals surface area contributed by atoms with Gasteiger partial charge in [0.2, 0.25) is 0 Å². The smallest absolute Gasteiger partial charge is 0.325 e. The van der Waals surface area contributed by atoms with Crippen molar-refractivity contribution in [2.24, 2.45) is 5.73 Å². The van der Waals surface area contributed by atoms with E-state index in [1.165, 1.54) is 7.11 Å². The molecule has 2 atom stereocenters. The molecule has 3 N–H and O–H groups in total. The molecule has 0 heterocycles. The SMILES string of the molecule is CCOC(=O)C(N)C(O)c1cc(OC)ccc1Br. The Morgan fingerprint density at radius 2 is 2.22 bits per heavy atom. The second-order valence-corrected chi connectivity index (χ2v) is 4.46. The van der Waals surface area contributed by atoms with Crippen LogP contribution in [0, 0.1) is 0 Å². The maximum absolute atomic E-state index is 11.5. The van der Waals surface area contributed by atoms with Crippen LogP contribution in [0.25, 0.3) is 0 Å². The summed E-state index contributed by atoms with van der Waals surface area (Å²) in [5.74, 6) is -0.0666. The van der Waals surface area contributed by atoms with Gasteiger partial charge in [-0.15, -0.1) is 0 Å². The van der Waals surface area contributed by atoms with Crippen molar-refractivity contribution < 1.29 is 19.4 Å². The lowest BCUT2D eigenvalue weighted by molar-refractivity contribution is -0.147. The minimum absolute atomic E-state index is 0.221. The first-order valence-electron chi connectivity index (χ1n) is 5.45. The van der Waals surface area contributed by atoms with E-state index in [0.717, 1.165) is 0 Å². The summed E-state index contributed by atoms with van der Waals surface area (Å²) in [6.45, 7) is 1.90. The summed E-state index contributed by atoms with van der Waals surface area (Å²) in [5, 5.41) is 10.1. The molecule has 5 nitrogen and oxygen atoms in total. The van der Waals surface area contributed by atoms with E-state index in [-0.39, 0.29) is 6.61 Å². The highest BCUT2D eigenvalue weighted by molar-refractivity contribution is 9.10. The zero-order valence-electron chi connectivity index (χ0n) is 10.2. The molecule has 2 unspecified atom stereocenters. The minimum Gasteiger partial charge on any atom is -0.497 e. The van der Waals surface area contributed by atoms with E-state index in [1.807, 2.05) is 0 Å². The van der Waals surface area contributed by atoms with Crippen molar-refractivity contribution >= 4 is 21.9 Å². The predicted octanol–water partition coefficient (Wildman–Crippen LogP) is 1.38. The predicted molar refractivity (Wildman–Crippen MR) is 70.3 cm³/mol. The van der Waals surface area contributed by atoms with Gasteiger partial charge in [-0.05, 0) is 25.1 Å². The summed E-state index contributed by atoms with van der Waals surface area (Å²) < 4.78 is 10.5. The molecule has 0 amide bonds. The first kappa shape index (κ1) is 14.9. The molecule has 0 aliphatic heterocycles. The lowest BCUT2D eigenvalue weighted by Crippen LogP contribution is -2.38. The Kier molecular flexibility index (Phi) is 5.58. The average molecular weight is 318 g/mol. The molecular weight excluding hydrogens is 302 g/mol. The monoisotopic (exact) mass is 317 g/mol. The van der Waals surface area contributed by atoms with Gasteiger partial charge in [-0.3, -0.25) is 4.79 Å². The van der Waals surface area contributed by atoms with Gasteiger partial charge in [-0.1, -0.05) is 15.9 Å². The van der Waals surface area contributed by atoms with Crippen molar-refractivity contribution in [2.75, 3.05) is 13.7 Å². The van der Waals surface area contributed by atoms with Crippen LogP contribution in [-0.4, -0.2) is 30.8 Å². The van der Waals surface area contributed by atoms with Crippen molar-refractivity contribution in [1.82, 2.24) is 0 Å². The van der Waals surface area contributed by atoms with Crippen LogP contribution < -0.4 is 10.5 Å². The van der Waals surface area contributed by atoms with E-state index in [2.05, 4.69) is 15.9 Å². The molecule has 0 aromatic heterocycles. The summed E-state index contributed by atoms with van der Waals surface area (Å²) in [6, 6.07) is 3.94. The summed E-state index contributed by atoms with van der Waals surface area (Å²) in [7, 11) is 1.52. The fourth-order valence-corrected chi connectivity index (χ4v) is 1.92. The molecule has 0 saturated heterocycles. The van der Waals surface area contributed by atoms with Crippen LogP contribution in [0.2, 0.25) is 0 Å². The van der Waals surface area contributed by atoms with E-state index >= 15 is 0 Å². The number of halogens is 1. The Morgan fingerprint density at radius 1 is 1.56 bits per heavy atom. The molecule has 0 aliphatic rings. The van der Waals surface area contributed by atoms with Crippen LogP contribution in [0.1, 0.15) is 18.6 Å². The number of aliphatic hydroxyl groups is 1. The number of hydrogen-bond acceptors (Lipinski definition) is 5. The van der Waals surface area contributed by atoms with E-state index in [9.17, 15) is 9.90 Å². The van der Waals surface area contributed by atoms with Gasteiger partial charge < -0.3 is 20.3 Å². The van der Waals surface area contributed by atoms with Crippen molar-refractivity contribution in [3.05, 3.63) is 28.2 Å². The molecule has 1 aromatic carbocycles. The molecule has 6 heteroatoms. The van der Waals surface area contributed by atoms with Gasteiger partial charge in [0.05, 0.1) is 13.7 Å². The highest BCUT2D eigenvalue weighted by Gasteiger charge is 2.27. The zero-order chi connectivity index (χ0) is 13.7. The van der Waals surface area contributed by atoms with Gasteiger partial charge in [-0.2, -0.15) is 0 Å². The summed E-state index contributed by atoms with van der Waals surface area (Å²) >= 11 is 3.29. The Hall–Kier alpha value is -1.11. The van der Waals surface area contributed by atoms with Gasteiger partial charge in [0.25, 0.3) is 0 Å². The molecule has 18 heavy (non-hydrogen) atoms. The lowest BCUT2D eigenvalue weighted by atomic mass is 10.0. The van der Waals surface area contributed by atoms with Crippen LogP contribution in [0.15, 0.2) is 22.7 Å². The van der Waals surface area contributed by atoms with Crippen LogP contribution in [0.5, 0.6) is 5.75 Å². The number of esters is 1.